The third kappa shape index (κ3) is 9.35. The Labute approximate surface area is 238 Å². The molecular weight excluding hydrogens is 522 g/mol. The molecule has 3 aromatic carbocycles. The summed E-state index contributed by atoms with van der Waals surface area (Å²) >= 11 is 0. The number of ether oxygens (including phenoxy) is 2. The molecule has 1 atom stereocenters. The van der Waals surface area contributed by atoms with Crippen LogP contribution in [0.3, 0.4) is 0 Å². The Morgan fingerprint density at radius 2 is 1.41 bits per heavy atom. The van der Waals surface area contributed by atoms with Crippen LogP contribution in [0.1, 0.15) is 35.4 Å². The van der Waals surface area contributed by atoms with Crippen LogP contribution in [-0.4, -0.2) is 35.5 Å². The number of carbonyl (C=O) groups excluding carboxylic acids is 3. The van der Waals surface area contributed by atoms with Crippen LogP contribution in [0.5, 0.6) is 0 Å². The van der Waals surface area contributed by atoms with Gasteiger partial charge in [0.15, 0.2) is 0 Å². The molecule has 0 saturated heterocycles. The number of nitrogens with zero attached hydrogens (tertiary/aromatic N) is 1. The summed E-state index contributed by atoms with van der Waals surface area (Å²) in [6.07, 6.45) is 0.0457. The second-order valence-electron chi connectivity index (χ2n) is 9.41. The fraction of sp³-hybridized carbons (Fsp3) is 0.250. The van der Waals surface area contributed by atoms with Gasteiger partial charge >= 0.3 is 12.1 Å². The van der Waals surface area contributed by atoms with Gasteiger partial charge in [0.25, 0.3) is 0 Å². The molecule has 0 fully saturated rings. The zero-order valence-corrected chi connectivity index (χ0v) is 22.9. The van der Waals surface area contributed by atoms with Gasteiger partial charge in [0.2, 0.25) is 11.8 Å². The first kappa shape index (κ1) is 29.1. The zero-order valence-electron chi connectivity index (χ0n) is 22.9. The molecule has 4 rings (SSSR count). The maximum atomic E-state index is 13.0. The van der Waals surface area contributed by atoms with Crippen molar-refractivity contribution in [2.45, 2.75) is 45.4 Å². The number of rotatable bonds is 13. The fourth-order valence-electron chi connectivity index (χ4n) is 4.04. The maximum Gasteiger partial charge on any atom is 0.407 e. The van der Waals surface area contributed by atoms with Crippen molar-refractivity contribution in [2.75, 3.05) is 6.54 Å². The Balaban J connectivity index is 1.31. The Kier molecular flexibility index (Phi) is 10.7. The van der Waals surface area contributed by atoms with Crippen LogP contribution in [-0.2, 0) is 38.7 Å². The molecule has 1 heterocycles. The first-order chi connectivity index (χ1) is 20.0. The number of hydrogen-bond donors (Lipinski definition) is 2. The van der Waals surface area contributed by atoms with Crippen LogP contribution in [0.15, 0.2) is 95.4 Å². The minimum absolute atomic E-state index is 0.0608. The summed E-state index contributed by atoms with van der Waals surface area (Å²) < 4.78 is 16.5. The lowest BCUT2D eigenvalue weighted by Crippen LogP contribution is -2.43. The van der Waals surface area contributed by atoms with E-state index in [0.29, 0.717) is 23.8 Å². The summed E-state index contributed by atoms with van der Waals surface area (Å²) in [5, 5.41) is 5.45. The van der Waals surface area contributed by atoms with Gasteiger partial charge in [0.1, 0.15) is 25.0 Å². The molecular formula is C32H33N3O6. The van der Waals surface area contributed by atoms with E-state index in [0.717, 1.165) is 16.7 Å². The molecule has 41 heavy (non-hydrogen) atoms. The monoisotopic (exact) mass is 555 g/mol. The van der Waals surface area contributed by atoms with Gasteiger partial charge in [-0.3, -0.25) is 4.79 Å². The lowest BCUT2D eigenvalue weighted by atomic mass is 10.1. The van der Waals surface area contributed by atoms with Crippen molar-refractivity contribution >= 4 is 18.0 Å². The average molecular weight is 556 g/mol. The number of nitrogens with one attached hydrogen (secondary N) is 2. The highest BCUT2D eigenvalue weighted by Gasteiger charge is 2.24. The van der Waals surface area contributed by atoms with Crippen molar-refractivity contribution in [1.29, 1.82) is 0 Å². The molecule has 0 aliphatic rings. The van der Waals surface area contributed by atoms with Crippen LogP contribution in [0.2, 0.25) is 0 Å². The van der Waals surface area contributed by atoms with Crippen molar-refractivity contribution in [2.24, 2.45) is 0 Å². The highest BCUT2D eigenvalue weighted by molar-refractivity contribution is 5.85. The van der Waals surface area contributed by atoms with Crippen LogP contribution in [0, 0.1) is 6.92 Å². The van der Waals surface area contributed by atoms with E-state index in [1.54, 1.807) is 6.92 Å². The minimum atomic E-state index is -0.908. The van der Waals surface area contributed by atoms with Gasteiger partial charge in [0.05, 0.1) is 12.1 Å². The summed E-state index contributed by atoms with van der Waals surface area (Å²) in [6, 6.07) is 27.1. The van der Waals surface area contributed by atoms with E-state index in [2.05, 4.69) is 15.6 Å². The average Bonchev–Trinajstić information content (AvgIpc) is 3.37. The molecule has 0 radical (unpaired) electrons. The molecule has 0 saturated carbocycles. The molecule has 9 heteroatoms. The van der Waals surface area contributed by atoms with Gasteiger partial charge in [0, 0.05) is 12.1 Å². The molecule has 212 valence electrons. The van der Waals surface area contributed by atoms with Crippen molar-refractivity contribution in [1.82, 2.24) is 15.6 Å². The second-order valence-corrected chi connectivity index (χ2v) is 9.41. The lowest BCUT2D eigenvalue weighted by molar-refractivity contribution is -0.149. The third-order valence-corrected chi connectivity index (χ3v) is 6.24. The van der Waals surface area contributed by atoms with Gasteiger partial charge in [-0.2, -0.15) is 0 Å². The zero-order chi connectivity index (χ0) is 28.9. The summed E-state index contributed by atoms with van der Waals surface area (Å²) in [5.74, 6) is 0.00368. The van der Waals surface area contributed by atoms with E-state index in [1.807, 2.05) is 91.0 Å². The standard InChI is InChI=1S/C32H33N3O6/c1-23-28(35-30(41-23)26-16-9-4-10-17-26)20-29(36)34-27(31(37)39-21-24-12-5-2-6-13-24)18-11-19-33-32(38)40-22-25-14-7-3-8-15-25/h2-10,12-17,27H,11,18-22H2,1H3,(H,33,38)(H,34,36). The van der Waals surface area contributed by atoms with Crippen LogP contribution in [0.25, 0.3) is 11.5 Å². The minimum Gasteiger partial charge on any atom is -0.459 e. The number of hydrogen-bond acceptors (Lipinski definition) is 7. The van der Waals surface area contributed by atoms with E-state index in [9.17, 15) is 14.4 Å². The van der Waals surface area contributed by atoms with Gasteiger partial charge in [-0.1, -0.05) is 78.9 Å². The second kappa shape index (κ2) is 15.0. The number of carbonyl (C=O) groups is 3. The maximum absolute atomic E-state index is 13.0. The molecule has 2 N–H and O–H groups in total. The highest BCUT2D eigenvalue weighted by atomic mass is 16.5. The summed E-state index contributed by atoms with van der Waals surface area (Å²) in [6.45, 7) is 2.24. The molecule has 0 spiro atoms. The first-order valence-corrected chi connectivity index (χ1v) is 13.4. The SMILES string of the molecule is Cc1oc(-c2ccccc2)nc1CC(=O)NC(CCCNC(=O)OCc1ccccc1)C(=O)OCc1ccccc1. The Morgan fingerprint density at radius 3 is 2.05 bits per heavy atom. The number of amides is 2. The fourth-order valence-corrected chi connectivity index (χ4v) is 4.04. The van der Waals surface area contributed by atoms with E-state index in [-0.39, 0.29) is 32.6 Å². The van der Waals surface area contributed by atoms with Crippen LogP contribution >= 0.6 is 0 Å². The predicted octanol–water partition coefficient (Wildman–Crippen LogP) is 5.13. The van der Waals surface area contributed by atoms with E-state index < -0.39 is 24.0 Å². The number of benzene rings is 3. The first-order valence-electron chi connectivity index (χ1n) is 13.4. The summed E-state index contributed by atoms with van der Waals surface area (Å²) in [7, 11) is 0. The smallest absolute Gasteiger partial charge is 0.407 e. The highest BCUT2D eigenvalue weighted by Crippen LogP contribution is 2.21. The van der Waals surface area contributed by atoms with Crippen molar-refractivity contribution < 1.29 is 28.3 Å². The van der Waals surface area contributed by atoms with Gasteiger partial charge in [-0.15, -0.1) is 0 Å². The number of oxazole rings is 1. The molecule has 1 unspecified atom stereocenters. The van der Waals surface area contributed by atoms with Crippen molar-refractivity contribution in [3.63, 3.8) is 0 Å². The number of esters is 1. The van der Waals surface area contributed by atoms with Crippen LogP contribution in [0.4, 0.5) is 4.79 Å². The van der Waals surface area contributed by atoms with Gasteiger partial charge in [-0.25, -0.2) is 14.6 Å². The number of aromatic nitrogens is 1. The Bertz CT molecular complexity index is 1410. The molecule has 4 aromatic rings. The molecule has 0 aliphatic heterocycles. The molecule has 0 aliphatic carbocycles. The topological polar surface area (TPSA) is 120 Å². The van der Waals surface area contributed by atoms with Gasteiger partial charge < -0.3 is 24.5 Å². The van der Waals surface area contributed by atoms with Crippen molar-refractivity contribution in [3.05, 3.63) is 114 Å². The largest absolute Gasteiger partial charge is 0.459 e. The quantitative estimate of drug-likeness (QED) is 0.173. The van der Waals surface area contributed by atoms with Gasteiger partial charge in [-0.05, 0) is 43.0 Å². The normalized spacial score (nSPS) is 11.3. The van der Waals surface area contributed by atoms with Crippen molar-refractivity contribution in [3.8, 4) is 11.5 Å². The predicted molar refractivity (Wildman–Crippen MR) is 152 cm³/mol. The molecule has 9 nitrogen and oxygen atoms in total. The third-order valence-electron chi connectivity index (χ3n) is 6.24. The summed E-state index contributed by atoms with van der Waals surface area (Å²) in [5.41, 5.74) is 3.00. The Morgan fingerprint density at radius 1 is 0.829 bits per heavy atom. The summed E-state index contributed by atoms with van der Waals surface area (Å²) in [4.78, 5) is 42.5. The Hall–Kier alpha value is -4.92. The number of aryl methyl sites for hydroxylation is 1. The lowest BCUT2D eigenvalue weighted by Gasteiger charge is -2.18. The molecule has 2 amide bonds. The molecule has 0 bridgehead atoms. The van der Waals surface area contributed by atoms with E-state index in [1.165, 1.54) is 0 Å². The molecule has 1 aromatic heterocycles. The van der Waals surface area contributed by atoms with E-state index in [4.69, 9.17) is 13.9 Å². The van der Waals surface area contributed by atoms with Crippen LogP contribution < -0.4 is 10.6 Å². The number of alkyl carbamates (subject to hydrolysis) is 1. The van der Waals surface area contributed by atoms with E-state index >= 15 is 0 Å².